The minimum Gasteiger partial charge on any atom is -0.508 e. The molecule has 0 unspecified atom stereocenters. The minimum absolute atomic E-state index is 0.129. The first-order valence-corrected chi connectivity index (χ1v) is 13.1. The van der Waals surface area contributed by atoms with Gasteiger partial charge in [-0.2, -0.15) is 0 Å². The second-order valence-corrected chi connectivity index (χ2v) is 11.4. The van der Waals surface area contributed by atoms with Crippen LogP contribution in [0.3, 0.4) is 0 Å². The van der Waals surface area contributed by atoms with Gasteiger partial charge in [-0.15, -0.1) is 0 Å². The fourth-order valence-corrected chi connectivity index (χ4v) is 7.48. The van der Waals surface area contributed by atoms with Crippen LogP contribution in [0.15, 0.2) is 29.0 Å². The molecule has 10 heteroatoms. The summed E-state index contributed by atoms with van der Waals surface area (Å²) in [5.74, 6) is -7.43. The second kappa shape index (κ2) is 8.84. The predicted molar refractivity (Wildman–Crippen MR) is 140 cm³/mol. The van der Waals surface area contributed by atoms with Crippen molar-refractivity contribution in [1.82, 2.24) is 4.90 Å². The largest absolute Gasteiger partial charge is 0.508 e. The molecule has 1 aromatic carbocycles. The Balaban J connectivity index is 1.75. The van der Waals surface area contributed by atoms with Gasteiger partial charge < -0.3 is 31.1 Å². The Morgan fingerprint density at radius 2 is 1.71 bits per heavy atom. The summed E-state index contributed by atoms with van der Waals surface area (Å²) in [6.45, 7) is 5.15. The molecule has 38 heavy (non-hydrogen) atoms. The molecular formula is C28H35N3O7. The highest BCUT2D eigenvalue weighted by Gasteiger charge is 2.67. The first kappa shape index (κ1) is 26.2. The van der Waals surface area contributed by atoms with E-state index in [1.807, 2.05) is 24.0 Å². The molecule has 1 amide bonds. The average Bonchev–Trinajstić information content (AvgIpc) is 2.86. The molecule has 10 nitrogen and oxygen atoms in total. The van der Waals surface area contributed by atoms with Gasteiger partial charge >= 0.3 is 0 Å². The number of carbonyl (C=O) groups is 3. The SMILES string of the molecule is C[C@H]1[C@H]2C(=C(O)c3c(ccc(N4CCCCC4)c3O)[C@@H]2C)C(=O)[C@]2(O)C(O)=C(C(N)=O)C(=O)[C@@H](N(C)C)[C@H]12. The molecule has 5 rings (SSSR count). The number of fused-ring (bicyclic) bond motifs is 3. The van der Waals surface area contributed by atoms with Gasteiger partial charge in [-0.05, 0) is 56.8 Å². The number of hydrogen-bond acceptors (Lipinski definition) is 9. The lowest BCUT2D eigenvalue weighted by Crippen LogP contribution is -2.68. The molecule has 2 fully saturated rings. The molecule has 1 saturated heterocycles. The Morgan fingerprint density at radius 3 is 2.29 bits per heavy atom. The van der Waals surface area contributed by atoms with Crippen LogP contribution in [0.2, 0.25) is 0 Å². The van der Waals surface area contributed by atoms with E-state index in [0.717, 1.165) is 32.4 Å². The molecule has 1 saturated carbocycles. The zero-order chi connectivity index (χ0) is 27.8. The molecule has 0 aromatic heterocycles. The van der Waals surface area contributed by atoms with Crippen molar-refractivity contribution in [2.24, 2.45) is 23.5 Å². The van der Waals surface area contributed by atoms with Gasteiger partial charge in [0.25, 0.3) is 5.91 Å². The smallest absolute Gasteiger partial charge is 0.255 e. The van der Waals surface area contributed by atoms with Gasteiger partial charge in [0.2, 0.25) is 5.78 Å². The number of hydrogen-bond donors (Lipinski definition) is 5. The standard InChI is InChI=1S/C28H35N3O7/c1-12-14-8-9-15(31-10-6-5-7-11-31)22(32)17(14)23(33)18-16(12)13(2)20-21(30(3)4)24(34)19(27(29)37)26(36)28(20,38)25(18)35/h8-9,12-13,16,20-21,32-33,36,38H,5-7,10-11H2,1-4H3,(H2,29,37)/t12-,13-,16-,20-,21-,28-/m0/s1. The molecule has 4 aliphatic rings. The maximum Gasteiger partial charge on any atom is 0.255 e. The summed E-state index contributed by atoms with van der Waals surface area (Å²) >= 11 is 0. The van der Waals surface area contributed by atoms with E-state index in [2.05, 4.69) is 0 Å². The van der Waals surface area contributed by atoms with Crippen LogP contribution >= 0.6 is 0 Å². The predicted octanol–water partition coefficient (Wildman–Crippen LogP) is 1.76. The van der Waals surface area contributed by atoms with Gasteiger partial charge in [0.05, 0.1) is 17.3 Å². The number of phenolic OH excluding ortho intramolecular Hbond substituents is 1. The number of carbonyl (C=O) groups excluding carboxylic acids is 3. The third-order valence-corrected chi connectivity index (χ3v) is 9.20. The number of ketones is 2. The summed E-state index contributed by atoms with van der Waals surface area (Å²) in [4.78, 5) is 43.2. The van der Waals surface area contributed by atoms with E-state index in [1.165, 1.54) is 4.90 Å². The van der Waals surface area contributed by atoms with Gasteiger partial charge in [0.15, 0.2) is 11.4 Å². The number of nitrogens with zero attached hydrogens (tertiary/aromatic N) is 2. The number of benzene rings is 1. The highest BCUT2D eigenvalue weighted by Crippen LogP contribution is 2.59. The number of piperidine rings is 1. The third-order valence-electron chi connectivity index (χ3n) is 9.20. The first-order chi connectivity index (χ1) is 17.8. The highest BCUT2D eigenvalue weighted by atomic mass is 16.3. The summed E-state index contributed by atoms with van der Waals surface area (Å²) in [5.41, 5.74) is 3.13. The number of aliphatic hydroxyl groups excluding tert-OH is 2. The third kappa shape index (κ3) is 3.29. The molecule has 0 spiro atoms. The lowest BCUT2D eigenvalue weighted by atomic mass is 9.51. The zero-order valence-electron chi connectivity index (χ0n) is 22.1. The van der Waals surface area contributed by atoms with E-state index in [1.54, 1.807) is 21.0 Å². The Bertz CT molecular complexity index is 1310. The van der Waals surface area contributed by atoms with Crippen molar-refractivity contribution in [2.45, 2.75) is 50.7 Å². The van der Waals surface area contributed by atoms with Crippen molar-refractivity contribution in [3.05, 3.63) is 40.2 Å². The van der Waals surface area contributed by atoms with Crippen molar-refractivity contribution in [3.8, 4) is 5.75 Å². The molecule has 0 radical (unpaired) electrons. The second-order valence-electron chi connectivity index (χ2n) is 11.4. The molecule has 6 N–H and O–H groups in total. The van der Waals surface area contributed by atoms with Gasteiger partial charge in [-0.3, -0.25) is 19.3 Å². The molecule has 1 heterocycles. The molecule has 6 atom stereocenters. The number of Topliss-reactive ketones (excluding diaryl/α,β-unsaturated/α-hetero) is 2. The summed E-state index contributed by atoms with van der Waals surface area (Å²) in [5, 5.41) is 45.9. The summed E-state index contributed by atoms with van der Waals surface area (Å²) < 4.78 is 0. The van der Waals surface area contributed by atoms with Crippen LogP contribution < -0.4 is 10.6 Å². The van der Waals surface area contributed by atoms with Crippen LogP contribution in [0.1, 0.15) is 50.2 Å². The lowest BCUT2D eigenvalue weighted by molar-refractivity contribution is -0.160. The van der Waals surface area contributed by atoms with Crippen LogP contribution in [0.25, 0.3) is 5.76 Å². The van der Waals surface area contributed by atoms with Gasteiger partial charge in [-0.25, -0.2) is 0 Å². The average molecular weight is 526 g/mol. The number of rotatable bonds is 3. The molecular weight excluding hydrogens is 490 g/mol. The van der Waals surface area contributed by atoms with Gasteiger partial charge in [0, 0.05) is 30.5 Å². The number of amides is 1. The van der Waals surface area contributed by atoms with Crippen molar-refractivity contribution < 1.29 is 34.8 Å². The van der Waals surface area contributed by atoms with Gasteiger partial charge in [-0.1, -0.05) is 19.9 Å². The molecule has 1 aliphatic heterocycles. The van der Waals surface area contributed by atoms with Crippen molar-refractivity contribution in [3.63, 3.8) is 0 Å². The summed E-state index contributed by atoms with van der Waals surface area (Å²) in [6.07, 6.45) is 3.06. The Labute approximate surface area is 221 Å². The zero-order valence-corrected chi connectivity index (χ0v) is 22.1. The highest BCUT2D eigenvalue weighted by molar-refractivity contribution is 6.24. The normalized spacial score (nSPS) is 33.3. The fraction of sp³-hybridized carbons (Fsp3) is 0.536. The van der Waals surface area contributed by atoms with Crippen LogP contribution in [-0.2, 0) is 14.4 Å². The quantitative estimate of drug-likeness (QED) is 0.370. The van der Waals surface area contributed by atoms with Crippen LogP contribution in [0.5, 0.6) is 5.75 Å². The van der Waals surface area contributed by atoms with Crippen molar-refractivity contribution in [1.29, 1.82) is 0 Å². The van der Waals surface area contributed by atoms with E-state index in [9.17, 15) is 34.8 Å². The van der Waals surface area contributed by atoms with E-state index >= 15 is 0 Å². The van der Waals surface area contributed by atoms with E-state index < -0.39 is 64.0 Å². The first-order valence-electron chi connectivity index (χ1n) is 13.1. The summed E-state index contributed by atoms with van der Waals surface area (Å²) in [6, 6.07) is 2.57. The number of phenols is 1. The molecule has 3 aliphatic carbocycles. The lowest BCUT2D eigenvalue weighted by Gasteiger charge is -2.54. The minimum atomic E-state index is -2.66. The maximum absolute atomic E-state index is 14.1. The molecule has 1 aromatic rings. The number of aromatic hydroxyl groups is 1. The monoisotopic (exact) mass is 525 g/mol. The van der Waals surface area contributed by atoms with Crippen LogP contribution in [-0.4, -0.2) is 81.6 Å². The number of primary amides is 1. The number of nitrogens with two attached hydrogens (primary N) is 1. The fourth-order valence-electron chi connectivity index (χ4n) is 7.48. The van der Waals surface area contributed by atoms with Crippen molar-refractivity contribution in [2.75, 3.05) is 32.1 Å². The van der Waals surface area contributed by atoms with E-state index in [-0.39, 0.29) is 22.8 Å². The van der Waals surface area contributed by atoms with Crippen LogP contribution in [0, 0.1) is 17.8 Å². The Hall–Kier alpha value is -3.37. The molecule has 0 bridgehead atoms. The Morgan fingerprint density at radius 1 is 1.08 bits per heavy atom. The van der Waals surface area contributed by atoms with E-state index in [0.29, 0.717) is 11.3 Å². The summed E-state index contributed by atoms with van der Waals surface area (Å²) in [7, 11) is 3.17. The van der Waals surface area contributed by atoms with E-state index in [4.69, 9.17) is 5.73 Å². The van der Waals surface area contributed by atoms with Gasteiger partial charge in [0.1, 0.15) is 22.8 Å². The molecule has 204 valence electrons. The van der Waals surface area contributed by atoms with Crippen molar-refractivity contribution >= 4 is 28.9 Å². The number of likely N-dealkylation sites (N-methyl/N-ethyl adjacent to an activating group) is 1. The Kier molecular flexibility index (Phi) is 6.11. The topological polar surface area (TPSA) is 165 Å². The number of aliphatic hydroxyl groups is 3. The van der Waals surface area contributed by atoms with Crippen LogP contribution in [0.4, 0.5) is 5.69 Å². The number of anilines is 1. The maximum atomic E-state index is 14.1.